The minimum atomic E-state index is -3.90. The average Bonchev–Trinajstić information content (AvgIpc) is 3.38. The van der Waals surface area contributed by atoms with Crippen molar-refractivity contribution in [2.24, 2.45) is 0 Å². The van der Waals surface area contributed by atoms with E-state index in [0.717, 1.165) is 44.6 Å². The summed E-state index contributed by atoms with van der Waals surface area (Å²) in [5.74, 6) is 0.261. The van der Waals surface area contributed by atoms with E-state index < -0.39 is 22.2 Å². The Hall–Kier alpha value is -3.19. The number of hydrazine groups is 2. The zero-order valence-corrected chi connectivity index (χ0v) is 25.7. The van der Waals surface area contributed by atoms with Crippen molar-refractivity contribution in [2.75, 3.05) is 40.3 Å². The summed E-state index contributed by atoms with van der Waals surface area (Å²) >= 11 is 0. The predicted octanol–water partition coefficient (Wildman–Crippen LogP) is 3.09. The molecule has 4 aliphatic rings. The van der Waals surface area contributed by atoms with Gasteiger partial charge in [-0.15, -0.1) is 5.53 Å². The molecule has 3 heterocycles. The number of hydrogen-bond donors (Lipinski definition) is 2. The number of nitrogens with zero attached hydrogens (tertiary/aromatic N) is 4. The second-order valence-electron chi connectivity index (χ2n) is 11.9. The highest BCUT2D eigenvalue weighted by Crippen LogP contribution is 2.37. The third-order valence-corrected chi connectivity index (χ3v) is 11.0. The van der Waals surface area contributed by atoms with Gasteiger partial charge >= 0.3 is 0 Å². The lowest BCUT2D eigenvalue weighted by Gasteiger charge is -2.35. The lowest BCUT2D eigenvalue weighted by molar-refractivity contribution is -0.126. The van der Waals surface area contributed by atoms with E-state index in [1.165, 1.54) is 40.2 Å². The van der Waals surface area contributed by atoms with Crippen molar-refractivity contribution in [3.05, 3.63) is 71.1 Å². The second-order valence-corrected chi connectivity index (χ2v) is 13.8. The molecule has 2 fully saturated rings. The minimum Gasteiger partial charge on any atom is -0.497 e. The van der Waals surface area contributed by atoms with Crippen molar-refractivity contribution in [1.29, 1.82) is 0 Å². The molecule has 2 aromatic carbocycles. The topological polar surface area (TPSA) is 97.5 Å². The molecule has 0 unspecified atom stereocenters. The largest absolute Gasteiger partial charge is 0.497 e. The Balaban J connectivity index is 1.18. The number of hydrogen-bond acceptors (Lipinski definition) is 8. The van der Waals surface area contributed by atoms with Crippen LogP contribution in [-0.2, 0) is 27.8 Å². The normalized spacial score (nSPS) is 24.1. The molecule has 0 spiro atoms. The van der Waals surface area contributed by atoms with E-state index in [0.29, 0.717) is 18.6 Å². The number of carbonyl (C=O) groups excluding carboxylic acids is 1. The quantitative estimate of drug-likeness (QED) is 0.470. The number of benzene rings is 2. The van der Waals surface area contributed by atoms with Gasteiger partial charge < -0.3 is 10.1 Å². The summed E-state index contributed by atoms with van der Waals surface area (Å²) in [6, 6.07) is 12.2. The van der Waals surface area contributed by atoms with E-state index in [2.05, 4.69) is 39.0 Å². The average molecular weight is 613 g/mol. The molecule has 12 heteroatoms. The molecule has 0 bridgehead atoms. The summed E-state index contributed by atoms with van der Waals surface area (Å²) in [7, 11) is -0.485. The number of piperazine rings is 1. The van der Waals surface area contributed by atoms with Gasteiger partial charge in [0.25, 0.3) is 0 Å². The van der Waals surface area contributed by atoms with Crippen LogP contribution in [0.15, 0.2) is 59.3 Å². The number of nitrogens with one attached hydrogen (secondary N) is 2. The predicted molar refractivity (Wildman–Crippen MR) is 161 cm³/mol. The number of fused-ring (bicyclic) bond motifs is 1. The fourth-order valence-electron chi connectivity index (χ4n) is 6.67. The maximum atomic E-state index is 13.6. The van der Waals surface area contributed by atoms with Crippen LogP contribution in [-0.4, -0.2) is 86.1 Å². The number of alkyl halides is 1. The highest BCUT2D eigenvalue weighted by molar-refractivity contribution is 7.89. The molecule has 0 radical (unpaired) electrons. The summed E-state index contributed by atoms with van der Waals surface area (Å²) in [4.78, 5) is 15.5. The maximum Gasteiger partial charge on any atom is 0.243 e. The molecule has 0 saturated carbocycles. The SMILES string of the molecule is COc1ccc(S(=O)(=O)N2CCNC(=O)[C@H]2CC2=CN([C@H]3CCCc4cc(CN5CCC(F)CC5)ccc43)NN2C)cc1. The van der Waals surface area contributed by atoms with E-state index in [-0.39, 0.29) is 36.4 Å². The third kappa shape index (κ3) is 6.24. The van der Waals surface area contributed by atoms with Crippen LogP contribution < -0.4 is 15.6 Å². The van der Waals surface area contributed by atoms with Crippen molar-refractivity contribution < 1.29 is 22.3 Å². The summed E-state index contributed by atoms with van der Waals surface area (Å²) in [6.45, 7) is 2.91. The number of halogens is 1. The number of methoxy groups -OCH3 is 1. The first kappa shape index (κ1) is 29.9. The Kier molecular flexibility index (Phi) is 8.63. The highest BCUT2D eigenvalue weighted by atomic mass is 32.2. The summed E-state index contributed by atoms with van der Waals surface area (Å²) < 4.78 is 47.4. The van der Waals surface area contributed by atoms with Crippen LogP contribution in [0.3, 0.4) is 0 Å². The number of carbonyl (C=O) groups is 1. The Bertz CT molecular complexity index is 1460. The van der Waals surface area contributed by atoms with Gasteiger partial charge in [-0.2, -0.15) is 4.31 Å². The van der Waals surface area contributed by atoms with Crippen molar-refractivity contribution in [3.8, 4) is 5.75 Å². The van der Waals surface area contributed by atoms with E-state index in [4.69, 9.17) is 4.74 Å². The summed E-state index contributed by atoms with van der Waals surface area (Å²) in [6.07, 6.45) is 5.85. The first-order valence-electron chi connectivity index (χ1n) is 15.1. The number of rotatable bonds is 8. The van der Waals surface area contributed by atoms with Crippen LogP contribution >= 0.6 is 0 Å². The van der Waals surface area contributed by atoms with Gasteiger partial charge in [0, 0.05) is 52.4 Å². The number of likely N-dealkylation sites (tertiary alicyclic amines) is 1. The lowest BCUT2D eigenvalue weighted by atomic mass is 9.86. The fourth-order valence-corrected chi connectivity index (χ4v) is 8.25. The van der Waals surface area contributed by atoms with Crippen molar-refractivity contribution >= 4 is 15.9 Å². The van der Waals surface area contributed by atoms with Gasteiger partial charge in [-0.3, -0.25) is 19.7 Å². The Morgan fingerprint density at radius 1 is 1.05 bits per heavy atom. The van der Waals surface area contributed by atoms with Gasteiger partial charge in [-0.05, 0) is 73.1 Å². The Morgan fingerprint density at radius 2 is 1.81 bits per heavy atom. The van der Waals surface area contributed by atoms with Gasteiger partial charge in [0.2, 0.25) is 15.9 Å². The van der Waals surface area contributed by atoms with E-state index in [9.17, 15) is 17.6 Å². The number of aryl methyl sites for hydroxylation is 1. The molecular formula is C31H41FN6O4S. The maximum absolute atomic E-state index is 13.6. The van der Waals surface area contributed by atoms with Crippen LogP contribution in [0.4, 0.5) is 4.39 Å². The van der Waals surface area contributed by atoms with Crippen molar-refractivity contribution in [1.82, 2.24) is 30.1 Å². The molecule has 2 atom stereocenters. The molecule has 1 aliphatic carbocycles. The summed E-state index contributed by atoms with van der Waals surface area (Å²) in [5, 5.41) is 6.81. The lowest BCUT2D eigenvalue weighted by Crippen LogP contribution is -2.57. The number of sulfonamides is 1. The molecule has 1 amide bonds. The zero-order chi connectivity index (χ0) is 30.1. The van der Waals surface area contributed by atoms with Gasteiger partial charge in [0.05, 0.1) is 23.7 Å². The second kappa shape index (κ2) is 12.4. The zero-order valence-electron chi connectivity index (χ0n) is 24.8. The molecule has 2 aromatic rings. The molecule has 6 rings (SSSR count). The van der Waals surface area contributed by atoms with Gasteiger partial charge in [0.15, 0.2) is 0 Å². The molecule has 0 aromatic heterocycles. The number of amides is 1. The fraction of sp³-hybridized carbons (Fsp3) is 0.516. The molecular weight excluding hydrogens is 571 g/mol. The minimum absolute atomic E-state index is 0.111. The van der Waals surface area contributed by atoms with Crippen LogP contribution in [0.5, 0.6) is 5.75 Å². The van der Waals surface area contributed by atoms with Gasteiger partial charge in [-0.1, -0.05) is 18.2 Å². The van der Waals surface area contributed by atoms with E-state index >= 15 is 0 Å². The first-order chi connectivity index (χ1) is 20.7. The number of ether oxygens (including phenoxy) is 1. The monoisotopic (exact) mass is 612 g/mol. The molecule has 2 saturated heterocycles. The molecule has 232 valence electrons. The van der Waals surface area contributed by atoms with E-state index in [1.807, 2.05) is 18.3 Å². The smallest absolute Gasteiger partial charge is 0.243 e. The van der Waals surface area contributed by atoms with Crippen molar-refractivity contribution in [3.63, 3.8) is 0 Å². The van der Waals surface area contributed by atoms with Crippen LogP contribution in [0.25, 0.3) is 0 Å². The van der Waals surface area contributed by atoms with Crippen LogP contribution in [0, 0.1) is 0 Å². The van der Waals surface area contributed by atoms with Crippen LogP contribution in [0.1, 0.15) is 54.8 Å². The number of piperidine rings is 1. The van der Waals surface area contributed by atoms with E-state index in [1.54, 1.807) is 12.1 Å². The first-order valence-corrected chi connectivity index (χ1v) is 16.6. The molecule has 10 nitrogen and oxygen atoms in total. The Labute approximate surface area is 253 Å². The van der Waals surface area contributed by atoms with Crippen LogP contribution in [0.2, 0.25) is 0 Å². The third-order valence-electron chi connectivity index (χ3n) is 9.08. The van der Waals surface area contributed by atoms with Gasteiger partial charge in [0.1, 0.15) is 18.0 Å². The molecule has 43 heavy (non-hydrogen) atoms. The molecule has 3 aliphatic heterocycles. The van der Waals surface area contributed by atoms with Crippen molar-refractivity contribution in [2.45, 2.75) is 68.2 Å². The highest BCUT2D eigenvalue weighted by Gasteiger charge is 2.40. The molecule has 2 N–H and O–H groups in total. The standard InChI is InChI=1S/C31H41FN6O4S/c1-35-25(19-30-31(39)33-14-17-38(30)43(40,41)27-9-7-26(42-2)8-10-27)21-37(34-35)29-5-3-4-23-18-22(6-11-28(23)29)20-36-15-12-24(32)13-16-36/h6-11,18,21,24,29-30,34H,3-5,12-17,19-20H2,1-2H3,(H,33,39)/t29-,30+/m0/s1. The Morgan fingerprint density at radius 3 is 2.56 bits per heavy atom. The van der Waals surface area contributed by atoms with Gasteiger partial charge in [-0.25, -0.2) is 12.8 Å². The summed E-state index contributed by atoms with van der Waals surface area (Å²) in [5.41, 5.74) is 8.12.